The lowest BCUT2D eigenvalue weighted by atomic mass is 10.0. The minimum absolute atomic E-state index is 0.0233. The smallest absolute Gasteiger partial charge is 0.305 e. The number of rotatable bonds is 54. The number of nitrogens with one attached hydrogen (secondary N) is 1. The molecule has 0 bridgehead atoms. The molecular weight excluding hydrogens is 803 g/mol. The number of ether oxygens (including phenoxy) is 1. The molecule has 2 unspecified atom stereocenters. The Hall–Kier alpha value is -1.66. The molecule has 3 N–H and O–H groups in total. The van der Waals surface area contributed by atoms with Crippen LogP contribution in [-0.4, -0.2) is 47.4 Å². The molecule has 0 aliphatic heterocycles. The lowest BCUT2D eigenvalue weighted by molar-refractivity contribution is -0.143. The highest BCUT2D eigenvalue weighted by Crippen LogP contribution is 2.17. The lowest BCUT2D eigenvalue weighted by Gasteiger charge is -2.20. The van der Waals surface area contributed by atoms with Crippen LogP contribution in [0.2, 0.25) is 0 Å². The molecule has 0 heterocycles. The summed E-state index contributed by atoms with van der Waals surface area (Å²) < 4.78 is 5.46. The van der Waals surface area contributed by atoms with E-state index in [1.807, 2.05) is 6.08 Å². The fraction of sp³-hybridized carbons (Fsp3) is 0.898. The number of carbonyl (C=O) groups excluding carboxylic acids is 2. The number of hydrogen-bond donors (Lipinski definition) is 3. The van der Waals surface area contributed by atoms with Crippen molar-refractivity contribution in [2.45, 2.75) is 328 Å². The lowest BCUT2D eigenvalue weighted by Crippen LogP contribution is -2.45. The molecule has 0 aromatic heterocycles. The van der Waals surface area contributed by atoms with Crippen molar-refractivity contribution in [1.82, 2.24) is 5.32 Å². The Labute approximate surface area is 405 Å². The Kier molecular flexibility index (Phi) is 53.5. The molecule has 0 rings (SSSR count). The van der Waals surface area contributed by atoms with Crippen LogP contribution in [0.4, 0.5) is 0 Å². The molecule has 0 saturated carbocycles. The van der Waals surface area contributed by atoms with Crippen molar-refractivity contribution in [2.24, 2.45) is 0 Å². The van der Waals surface area contributed by atoms with Gasteiger partial charge in [-0.3, -0.25) is 9.59 Å². The number of esters is 1. The highest BCUT2D eigenvalue weighted by molar-refractivity contribution is 5.76. The maximum Gasteiger partial charge on any atom is 0.305 e. The molecule has 6 nitrogen and oxygen atoms in total. The van der Waals surface area contributed by atoms with Crippen molar-refractivity contribution in [1.29, 1.82) is 0 Å². The van der Waals surface area contributed by atoms with E-state index < -0.39 is 12.1 Å². The van der Waals surface area contributed by atoms with Crippen molar-refractivity contribution in [3.63, 3.8) is 0 Å². The number of aliphatic hydroxyl groups is 2. The van der Waals surface area contributed by atoms with E-state index in [0.29, 0.717) is 19.4 Å². The molecule has 384 valence electrons. The largest absolute Gasteiger partial charge is 0.466 e. The average Bonchev–Trinajstić information content (AvgIpc) is 3.31. The molecule has 0 aromatic carbocycles. The summed E-state index contributed by atoms with van der Waals surface area (Å²) in [5, 5.41) is 23.2. The van der Waals surface area contributed by atoms with Gasteiger partial charge in [-0.2, -0.15) is 0 Å². The minimum atomic E-state index is -0.858. The van der Waals surface area contributed by atoms with Gasteiger partial charge >= 0.3 is 5.97 Å². The minimum Gasteiger partial charge on any atom is -0.466 e. The van der Waals surface area contributed by atoms with Gasteiger partial charge in [0.2, 0.25) is 5.91 Å². The van der Waals surface area contributed by atoms with E-state index in [1.54, 1.807) is 6.08 Å². The first-order valence-corrected chi connectivity index (χ1v) is 29.1. The summed E-state index contributed by atoms with van der Waals surface area (Å²) in [6.07, 6.45) is 66.2. The van der Waals surface area contributed by atoms with Gasteiger partial charge in [-0.15, -0.1) is 0 Å². The molecule has 0 aromatic rings. The highest BCUT2D eigenvalue weighted by atomic mass is 16.5. The van der Waals surface area contributed by atoms with Gasteiger partial charge in [-0.1, -0.05) is 269 Å². The Morgan fingerprint density at radius 1 is 0.415 bits per heavy atom. The second-order valence-corrected chi connectivity index (χ2v) is 20.0. The molecule has 2 atom stereocenters. The van der Waals surface area contributed by atoms with E-state index in [-0.39, 0.29) is 18.5 Å². The standard InChI is InChI=1S/C59H113NO5/c1-3-5-7-9-11-13-15-17-19-20-21-22-23-24-25-26-27-28-31-35-39-43-47-51-57(62)56(55-61)60-58(63)52-48-44-40-36-32-30-34-38-42-46-50-54-65-59(64)53-49-45-41-37-33-29-18-16-14-12-10-8-6-4-2/h16,18,47,51,56-57,61-62H,3-15,17,19-46,48-50,52-55H2,1-2H3,(H,60,63)/b18-16-,51-47+. The normalized spacial score (nSPS) is 12.7. The third-order valence-electron chi connectivity index (χ3n) is 13.5. The summed E-state index contributed by atoms with van der Waals surface area (Å²) >= 11 is 0. The zero-order valence-electron chi connectivity index (χ0n) is 43.7. The second-order valence-electron chi connectivity index (χ2n) is 20.0. The van der Waals surface area contributed by atoms with Crippen LogP contribution < -0.4 is 5.32 Å². The predicted molar refractivity (Wildman–Crippen MR) is 283 cm³/mol. The molecule has 6 heteroatoms. The van der Waals surface area contributed by atoms with Crippen molar-refractivity contribution in [3.8, 4) is 0 Å². The zero-order valence-corrected chi connectivity index (χ0v) is 43.7. The predicted octanol–water partition coefficient (Wildman–Crippen LogP) is 17.9. The van der Waals surface area contributed by atoms with E-state index in [0.717, 1.165) is 57.8 Å². The number of carbonyl (C=O) groups is 2. The van der Waals surface area contributed by atoms with Gasteiger partial charge in [0.1, 0.15) is 0 Å². The molecule has 1 amide bonds. The van der Waals surface area contributed by atoms with Crippen LogP contribution in [0.5, 0.6) is 0 Å². The summed E-state index contributed by atoms with van der Waals surface area (Å²) in [4.78, 5) is 24.5. The highest BCUT2D eigenvalue weighted by Gasteiger charge is 2.18. The summed E-state index contributed by atoms with van der Waals surface area (Å²) in [6, 6.07) is -0.643. The van der Waals surface area contributed by atoms with Crippen molar-refractivity contribution < 1.29 is 24.5 Å². The summed E-state index contributed by atoms with van der Waals surface area (Å²) in [5.41, 5.74) is 0. The number of unbranched alkanes of at least 4 members (excludes halogenated alkanes) is 41. The van der Waals surface area contributed by atoms with E-state index >= 15 is 0 Å². The average molecular weight is 917 g/mol. The molecule has 0 aliphatic rings. The van der Waals surface area contributed by atoms with Crippen LogP contribution >= 0.6 is 0 Å². The SMILES string of the molecule is CCCCCCC/C=C\CCCCCCCC(=O)OCCCCCCCCCCCCCC(=O)NC(CO)C(O)/C=C/CCCCCCCCCCCCCCCCCCCCCCC. The van der Waals surface area contributed by atoms with Crippen LogP contribution in [0.15, 0.2) is 24.3 Å². The maximum absolute atomic E-state index is 12.5. The van der Waals surface area contributed by atoms with E-state index in [2.05, 4.69) is 31.3 Å². The Bertz CT molecular complexity index is 1010. The quantitative estimate of drug-likeness (QED) is 0.0321. The third kappa shape index (κ3) is 51.6. The van der Waals surface area contributed by atoms with Gasteiger partial charge in [0.15, 0.2) is 0 Å². The van der Waals surface area contributed by atoms with Gasteiger partial charge in [-0.05, 0) is 57.8 Å². The first kappa shape index (κ1) is 63.3. The fourth-order valence-electron chi connectivity index (χ4n) is 8.98. The van der Waals surface area contributed by atoms with Crippen molar-refractivity contribution in [3.05, 3.63) is 24.3 Å². The van der Waals surface area contributed by atoms with Gasteiger partial charge in [0.05, 0.1) is 25.4 Å². The maximum atomic E-state index is 12.5. The molecule has 0 aliphatic carbocycles. The van der Waals surface area contributed by atoms with Crippen LogP contribution in [0.25, 0.3) is 0 Å². The fourth-order valence-corrected chi connectivity index (χ4v) is 8.98. The second kappa shape index (κ2) is 54.9. The Morgan fingerprint density at radius 2 is 0.723 bits per heavy atom. The zero-order chi connectivity index (χ0) is 47.2. The third-order valence-corrected chi connectivity index (χ3v) is 13.5. The molecule has 65 heavy (non-hydrogen) atoms. The van der Waals surface area contributed by atoms with Crippen molar-refractivity contribution >= 4 is 11.9 Å². The van der Waals surface area contributed by atoms with Crippen LogP contribution in [0.1, 0.15) is 316 Å². The van der Waals surface area contributed by atoms with Crippen molar-refractivity contribution in [2.75, 3.05) is 13.2 Å². The van der Waals surface area contributed by atoms with Crippen LogP contribution in [0, 0.1) is 0 Å². The number of aliphatic hydroxyl groups excluding tert-OH is 2. The Balaban J connectivity index is 3.50. The molecule has 0 radical (unpaired) electrons. The van der Waals surface area contributed by atoms with E-state index in [4.69, 9.17) is 4.74 Å². The summed E-state index contributed by atoms with van der Waals surface area (Å²) in [5.74, 6) is -0.108. The summed E-state index contributed by atoms with van der Waals surface area (Å²) in [6.45, 7) is 4.87. The van der Waals surface area contributed by atoms with E-state index in [9.17, 15) is 19.8 Å². The first-order valence-electron chi connectivity index (χ1n) is 29.1. The number of hydrogen-bond acceptors (Lipinski definition) is 5. The molecule has 0 fully saturated rings. The van der Waals surface area contributed by atoms with Crippen LogP contribution in [-0.2, 0) is 14.3 Å². The van der Waals surface area contributed by atoms with Gasteiger partial charge < -0.3 is 20.3 Å². The molecule has 0 spiro atoms. The van der Waals surface area contributed by atoms with Gasteiger partial charge in [0.25, 0.3) is 0 Å². The monoisotopic (exact) mass is 916 g/mol. The van der Waals surface area contributed by atoms with Gasteiger partial charge in [0, 0.05) is 12.8 Å². The Morgan fingerprint density at radius 3 is 1.09 bits per heavy atom. The number of allylic oxidation sites excluding steroid dienone is 3. The number of amides is 1. The molecule has 0 saturated heterocycles. The first-order chi connectivity index (χ1) is 32.0. The summed E-state index contributed by atoms with van der Waals surface area (Å²) in [7, 11) is 0. The van der Waals surface area contributed by atoms with Crippen LogP contribution in [0.3, 0.4) is 0 Å². The van der Waals surface area contributed by atoms with Gasteiger partial charge in [-0.25, -0.2) is 0 Å². The molecular formula is C59H113NO5. The van der Waals surface area contributed by atoms with E-state index in [1.165, 1.54) is 231 Å². The topological polar surface area (TPSA) is 95.9 Å².